The molecule has 0 aromatic heterocycles. The number of allylic oxidation sites excluding steroid dienone is 2. The van der Waals surface area contributed by atoms with Crippen molar-refractivity contribution in [3.8, 4) is 0 Å². The van der Waals surface area contributed by atoms with Crippen LogP contribution in [0.2, 0.25) is 0 Å². The zero-order valence-corrected chi connectivity index (χ0v) is 9.71. The first-order chi connectivity index (χ1) is 7.95. The van der Waals surface area contributed by atoms with Crippen molar-refractivity contribution in [1.29, 1.82) is 0 Å². The van der Waals surface area contributed by atoms with E-state index in [1.54, 1.807) is 16.7 Å². The molecule has 0 aliphatic heterocycles. The van der Waals surface area contributed by atoms with E-state index in [4.69, 9.17) is 0 Å². The van der Waals surface area contributed by atoms with Crippen molar-refractivity contribution >= 4 is 5.57 Å². The largest absolute Gasteiger partial charge is 0.0619 e. The lowest BCUT2D eigenvalue weighted by Gasteiger charge is -2.33. The van der Waals surface area contributed by atoms with Crippen LogP contribution in [0.15, 0.2) is 29.8 Å². The number of hydrogen-bond acceptors (Lipinski definition) is 0. The maximum Gasteiger partial charge on any atom is 0.00630 e. The van der Waals surface area contributed by atoms with E-state index < -0.39 is 0 Å². The van der Waals surface area contributed by atoms with Crippen LogP contribution in [0.5, 0.6) is 0 Å². The molecule has 3 aliphatic carbocycles. The summed E-state index contributed by atoms with van der Waals surface area (Å²) < 4.78 is 0. The lowest BCUT2D eigenvalue weighted by molar-refractivity contribution is 0.388. The normalized spacial score (nSPS) is 31.2. The molecule has 0 spiro atoms. The van der Waals surface area contributed by atoms with Crippen LogP contribution in [0.1, 0.15) is 55.6 Å². The molecule has 0 heterocycles. The monoisotopic (exact) mass is 210 g/mol. The first-order valence-corrected chi connectivity index (χ1v) is 6.77. The van der Waals surface area contributed by atoms with Crippen LogP contribution in [-0.4, -0.2) is 0 Å². The fraction of sp³-hybridized carbons (Fsp3) is 0.500. The summed E-state index contributed by atoms with van der Waals surface area (Å²) in [7, 11) is 0. The van der Waals surface area contributed by atoms with Gasteiger partial charge in [-0.2, -0.15) is 0 Å². The van der Waals surface area contributed by atoms with E-state index in [1.165, 1.54) is 38.5 Å². The van der Waals surface area contributed by atoms with Crippen LogP contribution in [-0.2, 0) is 0 Å². The van der Waals surface area contributed by atoms with Gasteiger partial charge >= 0.3 is 0 Å². The molecular formula is C16H18. The topological polar surface area (TPSA) is 0 Å². The molecule has 16 heavy (non-hydrogen) atoms. The van der Waals surface area contributed by atoms with E-state index in [0.717, 1.165) is 11.8 Å². The Kier molecular flexibility index (Phi) is 1.82. The van der Waals surface area contributed by atoms with Crippen LogP contribution < -0.4 is 0 Å². The van der Waals surface area contributed by atoms with E-state index in [9.17, 15) is 0 Å². The van der Waals surface area contributed by atoms with Gasteiger partial charge in [0.25, 0.3) is 0 Å². The second-order valence-corrected chi connectivity index (χ2v) is 5.59. The molecule has 0 saturated heterocycles. The van der Waals surface area contributed by atoms with Crippen molar-refractivity contribution in [1.82, 2.24) is 0 Å². The summed E-state index contributed by atoms with van der Waals surface area (Å²) in [5.41, 5.74) is 6.86. The van der Waals surface area contributed by atoms with Crippen LogP contribution in [0.25, 0.3) is 5.57 Å². The quantitative estimate of drug-likeness (QED) is 0.590. The van der Waals surface area contributed by atoms with Gasteiger partial charge in [0.15, 0.2) is 0 Å². The summed E-state index contributed by atoms with van der Waals surface area (Å²) in [6, 6.07) is 9.17. The number of benzene rings is 1. The number of hydrogen-bond donors (Lipinski definition) is 0. The Hall–Kier alpha value is -1.04. The summed E-state index contributed by atoms with van der Waals surface area (Å²) in [4.78, 5) is 0. The molecule has 2 atom stereocenters. The maximum absolute atomic E-state index is 2.38. The lowest BCUT2D eigenvalue weighted by Crippen LogP contribution is -2.18. The highest BCUT2D eigenvalue weighted by atomic mass is 14.4. The molecular weight excluding hydrogens is 192 g/mol. The summed E-state index contributed by atoms with van der Waals surface area (Å²) >= 11 is 0. The lowest BCUT2D eigenvalue weighted by atomic mass is 9.71. The van der Waals surface area contributed by atoms with E-state index in [-0.39, 0.29) is 0 Å². The summed E-state index contributed by atoms with van der Waals surface area (Å²) in [5.74, 6) is 1.75. The standard InChI is InChI=1S/C16H18/c1-2-8-13-12(7-1)14-9-3-5-11-6-4-10-15(13)16(11)14/h1-2,7-8,11,14H,3-6,9-10H2. The summed E-state index contributed by atoms with van der Waals surface area (Å²) in [5, 5.41) is 0. The molecule has 1 aromatic carbocycles. The third-order valence-corrected chi connectivity index (χ3v) is 4.85. The minimum absolute atomic E-state index is 0.810. The molecule has 82 valence electrons. The number of fused-ring (bicyclic) bond motifs is 3. The van der Waals surface area contributed by atoms with Crippen molar-refractivity contribution < 1.29 is 0 Å². The highest BCUT2D eigenvalue weighted by Gasteiger charge is 2.38. The van der Waals surface area contributed by atoms with Crippen LogP contribution in [0.4, 0.5) is 0 Å². The molecule has 0 bridgehead atoms. The van der Waals surface area contributed by atoms with E-state index in [0.29, 0.717) is 0 Å². The van der Waals surface area contributed by atoms with Gasteiger partial charge in [-0.3, -0.25) is 0 Å². The van der Waals surface area contributed by atoms with E-state index in [2.05, 4.69) is 24.3 Å². The Morgan fingerprint density at radius 3 is 2.81 bits per heavy atom. The van der Waals surface area contributed by atoms with Gasteiger partial charge in [0, 0.05) is 5.92 Å². The second-order valence-electron chi connectivity index (χ2n) is 5.59. The second kappa shape index (κ2) is 3.23. The molecule has 0 nitrogen and oxygen atoms in total. The Labute approximate surface area is 97.4 Å². The SMILES string of the molecule is c1ccc2c(c1)C1=C3C(CCC1)CCCC32. The first-order valence-electron chi connectivity index (χ1n) is 6.77. The Balaban J connectivity index is 1.94. The van der Waals surface area contributed by atoms with E-state index in [1.807, 2.05) is 5.57 Å². The minimum atomic E-state index is 0.810. The molecule has 0 amide bonds. The highest BCUT2D eigenvalue weighted by Crippen LogP contribution is 2.55. The molecule has 4 rings (SSSR count). The third-order valence-electron chi connectivity index (χ3n) is 4.85. The van der Waals surface area contributed by atoms with Crippen LogP contribution >= 0.6 is 0 Å². The van der Waals surface area contributed by atoms with Gasteiger partial charge in [0.2, 0.25) is 0 Å². The van der Waals surface area contributed by atoms with Gasteiger partial charge in [-0.15, -0.1) is 0 Å². The van der Waals surface area contributed by atoms with Crippen molar-refractivity contribution in [3.63, 3.8) is 0 Å². The minimum Gasteiger partial charge on any atom is -0.0619 e. The van der Waals surface area contributed by atoms with Gasteiger partial charge in [-0.05, 0) is 54.7 Å². The molecule has 1 aromatic rings. The fourth-order valence-electron chi connectivity index (χ4n) is 4.28. The Morgan fingerprint density at radius 1 is 0.938 bits per heavy atom. The number of rotatable bonds is 0. The van der Waals surface area contributed by atoms with Crippen LogP contribution in [0.3, 0.4) is 0 Å². The zero-order valence-electron chi connectivity index (χ0n) is 9.71. The van der Waals surface area contributed by atoms with E-state index >= 15 is 0 Å². The molecule has 0 N–H and O–H groups in total. The Morgan fingerprint density at radius 2 is 1.81 bits per heavy atom. The zero-order chi connectivity index (χ0) is 10.5. The third kappa shape index (κ3) is 1.05. The predicted molar refractivity (Wildman–Crippen MR) is 67.3 cm³/mol. The molecule has 2 unspecified atom stereocenters. The summed E-state index contributed by atoms with van der Waals surface area (Å²) in [6.07, 6.45) is 8.54. The molecule has 1 fully saturated rings. The molecule has 1 saturated carbocycles. The smallest absolute Gasteiger partial charge is 0.00630 e. The van der Waals surface area contributed by atoms with Crippen molar-refractivity contribution in [2.75, 3.05) is 0 Å². The molecule has 0 radical (unpaired) electrons. The maximum atomic E-state index is 2.38. The molecule has 0 heteroatoms. The highest BCUT2D eigenvalue weighted by molar-refractivity contribution is 5.79. The Bertz CT molecular complexity index is 467. The average molecular weight is 210 g/mol. The van der Waals surface area contributed by atoms with Crippen LogP contribution in [0, 0.1) is 5.92 Å². The average Bonchev–Trinajstić information content (AvgIpc) is 2.68. The fourth-order valence-corrected chi connectivity index (χ4v) is 4.28. The van der Waals surface area contributed by atoms with Crippen molar-refractivity contribution in [2.24, 2.45) is 5.92 Å². The summed E-state index contributed by atoms with van der Waals surface area (Å²) in [6.45, 7) is 0. The van der Waals surface area contributed by atoms with Crippen molar-refractivity contribution in [2.45, 2.75) is 44.4 Å². The van der Waals surface area contributed by atoms with Gasteiger partial charge in [-0.1, -0.05) is 36.3 Å². The van der Waals surface area contributed by atoms with Gasteiger partial charge < -0.3 is 0 Å². The van der Waals surface area contributed by atoms with Gasteiger partial charge in [-0.25, -0.2) is 0 Å². The van der Waals surface area contributed by atoms with Gasteiger partial charge in [0.05, 0.1) is 0 Å². The van der Waals surface area contributed by atoms with Gasteiger partial charge in [0.1, 0.15) is 0 Å². The first kappa shape index (κ1) is 9.04. The van der Waals surface area contributed by atoms with Crippen molar-refractivity contribution in [3.05, 3.63) is 41.0 Å². The molecule has 3 aliphatic rings. The predicted octanol–water partition coefficient (Wildman–Crippen LogP) is 4.52.